The van der Waals surface area contributed by atoms with Gasteiger partial charge in [-0.2, -0.15) is 0 Å². The first-order valence-electron chi connectivity index (χ1n) is 12.4. The topological polar surface area (TPSA) is 88.2 Å². The molecule has 7 heteroatoms. The fourth-order valence-electron chi connectivity index (χ4n) is 4.80. The Morgan fingerprint density at radius 1 is 0.921 bits per heavy atom. The van der Waals surface area contributed by atoms with Gasteiger partial charge >= 0.3 is 5.97 Å². The van der Waals surface area contributed by atoms with Crippen LogP contribution in [0.3, 0.4) is 0 Å². The number of rotatable bonds is 7. The number of carboxylic acid groups (broad SMARTS) is 1. The van der Waals surface area contributed by atoms with Crippen LogP contribution in [0.4, 0.5) is 15.9 Å². The Bertz CT molecular complexity index is 1660. The standard InChI is InChI=1S/C31H24FN3O3/c1-19-28(34-27-13-7-12-26(33-27)23-10-5-6-11-25(23)32)29(38-35-19)24-18-21(31(16-17-31)30(36)37)14-15-22(24)20-8-3-2-4-9-20/h2-15,18H,16-17H2,1H3,(H,33,34)(H,36,37). The average Bonchev–Trinajstić information content (AvgIpc) is 3.69. The van der Waals surface area contributed by atoms with Crippen molar-refractivity contribution in [2.45, 2.75) is 25.2 Å². The number of aryl methyl sites for hydroxylation is 1. The molecule has 1 aliphatic rings. The van der Waals surface area contributed by atoms with Crippen LogP contribution >= 0.6 is 0 Å². The van der Waals surface area contributed by atoms with Gasteiger partial charge in [-0.05, 0) is 66.8 Å². The van der Waals surface area contributed by atoms with Crippen LogP contribution in [0, 0.1) is 12.7 Å². The smallest absolute Gasteiger partial charge is 0.314 e. The van der Waals surface area contributed by atoms with Crippen molar-refractivity contribution in [1.29, 1.82) is 0 Å². The molecule has 1 saturated carbocycles. The largest absolute Gasteiger partial charge is 0.481 e. The second-order valence-electron chi connectivity index (χ2n) is 9.50. The molecule has 3 aromatic carbocycles. The summed E-state index contributed by atoms with van der Waals surface area (Å²) in [5.74, 6) is -0.199. The van der Waals surface area contributed by atoms with Gasteiger partial charge in [0, 0.05) is 11.1 Å². The molecule has 0 saturated heterocycles. The summed E-state index contributed by atoms with van der Waals surface area (Å²) in [5, 5.41) is 17.5. The molecule has 38 heavy (non-hydrogen) atoms. The summed E-state index contributed by atoms with van der Waals surface area (Å²) in [6.07, 6.45) is 1.19. The highest BCUT2D eigenvalue weighted by atomic mass is 19.1. The monoisotopic (exact) mass is 505 g/mol. The van der Waals surface area contributed by atoms with Crippen molar-refractivity contribution in [2.24, 2.45) is 0 Å². The Morgan fingerprint density at radius 3 is 2.42 bits per heavy atom. The van der Waals surface area contributed by atoms with Gasteiger partial charge in [-0.3, -0.25) is 4.79 Å². The molecular weight excluding hydrogens is 481 g/mol. The van der Waals surface area contributed by atoms with Gasteiger partial charge in [0.15, 0.2) is 5.76 Å². The van der Waals surface area contributed by atoms with Crippen LogP contribution in [0.15, 0.2) is 95.5 Å². The van der Waals surface area contributed by atoms with Crippen LogP contribution in [-0.4, -0.2) is 21.2 Å². The van der Waals surface area contributed by atoms with Crippen LogP contribution in [0.5, 0.6) is 0 Å². The Kier molecular flexibility index (Phi) is 5.76. The fourth-order valence-corrected chi connectivity index (χ4v) is 4.80. The van der Waals surface area contributed by atoms with E-state index in [1.165, 1.54) is 6.07 Å². The Hall–Kier alpha value is -4.78. The maximum atomic E-state index is 14.4. The minimum Gasteiger partial charge on any atom is -0.481 e. The lowest BCUT2D eigenvalue weighted by Gasteiger charge is -2.16. The predicted molar refractivity (Wildman–Crippen MR) is 144 cm³/mol. The average molecular weight is 506 g/mol. The number of halogens is 1. The number of benzene rings is 3. The molecule has 0 amide bonds. The highest BCUT2D eigenvalue weighted by molar-refractivity contribution is 5.91. The van der Waals surface area contributed by atoms with E-state index in [1.807, 2.05) is 55.5 Å². The summed E-state index contributed by atoms with van der Waals surface area (Å²) in [7, 11) is 0. The molecule has 2 N–H and O–H groups in total. The summed E-state index contributed by atoms with van der Waals surface area (Å²) < 4.78 is 20.3. The highest BCUT2D eigenvalue weighted by Gasteiger charge is 2.52. The number of carbonyl (C=O) groups is 1. The van der Waals surface area contributed by atoms with E-state index >= 15 is 0 Å². The molecule has 6 rings (SSSR count). The normalized spacial score (nSPS) is 13.7. The van der Waals surface area contributed by atoms with E-state index in [0.29, 0.717) is 47.1 Å². The first-order chi connectivity index (χ1) is 18.5. The number of hydrogen-bond donors (Lipinski definition) is 2. The third kappa shape index (κ3) is 4.12. The van der Waals surface area contributed by atoms with Gasteiger partial charge in [-0.25, -0.2) is 9.37 Å². The number of aliphatic carboxylic acids is 1. The van der Waals surface area contributed by atoms with Gasteiger partial charge in [0.25, 0.3) is 0 Å². The zero-order chi connectivity index (χ0) is 26.3. The molecule has 0 radical (unpaired) electrons. The molecule has 2 heterocycles. The van der Waals surface area contributed by atoms with E-state index in [4.69, 9.17) is 4.52 Å². The van der Waals surface area contributed by atoms with E-state index in [9.17, 15) is 14.3 Å². The highest BCUT2D eigenvalue weighted by Crippen LogP contribution is 2.50. The number of anilines is 2. The lowest BCUT2D eigenvalue weighted by molar-refractivity contribution is -0.140. The molecule has 2 aromatic heterocycles. The Balaban J connectivity index is 1.46. The number of carboxylic acids is 1. The molecule has 6 nitrogen and oxygen atoms in total. The minimum atomic E-state index is -0.873. The van der Waals surface area contributed by atoms with E-state index < -0.39 is 11.4 Å². The predicted octanol–water partition coefficient (Wildman–Crippen LogP) is 7.38. The summed E-state index contributed by atoms with van der Waals surface area (Å²) >= 11 is 0. The second-order valence-corrected chi connectivity index (χ2v) is 9.50. The van der Waals surface area contributed by atoms with Crippen LogP contribution in [0.25, 0.3) is 33.7 Å². The van der Waals surface area contributed by atoms with Crippen molar-refractivity contribution in [2.75, 3.05) is 5.32 Å². The molecule has 1 fully saturated rings. The SMILES string of the molecule is Cc1noc(-c2cc(C3(C(=O)O)CC3)ccc2-c2ccccc2)c1Nc1cccc(-c2ccccc2F)n1. The first-order valence-corrected chi connectivity index (χ1v) is 12.4. The van der Waals surface area contributed by atoms with Crippen LogP contribution in [-0.2, 0) is 10.2 Å². The van der Waals surface area contributed by atoms with Crippen molar-refractivity contribution in [3.63, 3.8) is 0 Å². The third-order valence-corrected chi connectivity index (χ3v) is 7.08. The zero-order valence-corrected chi connectivity index (χ0v) is 20.6. The molecule has 0 bridgehead atoms. The second kappa shape index (κ2) is 9.27. The van der Waals surface area contributed by atoms with Crippen LogP contribution in [0.1, 0.15) is 24.1 Å². The lowest BCUT2D eigenvalue weighted by atomic mass is 9.89. The van der Waals surface area contributed by atoms with Crippen molar-refractivity contribution < 1.29 is 18.8 Å². The van der Waals surface area contributed by atoms with Crippen LogP contribution in [0.2, 0.25) is 0 Å². The quantitative estimate of drug-likeness (QED) is 0.240. The van der Waals surface area contributed by atoms with Crippen molar-refractivity contribution in [3.05, 3.63) is 108 Å². The number of nitrogens with one attached hydrogen (secondary N) is 1. The molecule has 5 aromatic rings. The Morgan fingerprint density at radius 2 is 1.68 bits per heavy atom. The maximum absolute atomic E-state index is 14.4. The van der Waals surface area contributed by atoms with E-state index in [1.54, 1.807) is 36.4 Å². The first kappa shape index (κ1) is 23.6. The van der Waals surface area contributed by atoms with Gasteiger partial charge in [-0.1, -0.05) is 65.8 Å². The number of nitrogens with zero attached hydrogens (tertiary/aromatic N) is 2. The van der Waals surface area contributed by atoms with E-state index in [0.717, 1.165) is 22.3 Å². The molecule has 0 spiro atoms. The Labute approximate surface area is 218 Å². The third-order valence-electron chi connectivity index (χ3n) is 7.08. The van der Waals surface area contributed by atoms with Crippen molar-refractivity contribution in [3.8, 4) is 33.7 Å². The molecule has 1 aliphatic carbocycles. The van der Waals surface area contributed by atoms with Crippen LogP contribution < -0.4 is 5.32 Å². The minimum absolute atomic E-state index is 0.351. The summed E-state index contributed by atoms with van der Waals surface area (Å²) in [5.41, 5.74) is 4.57. The van der Waals surface area contributed by atoms with E-state index in [-0.39, 0.29) is 5.82 Å². The maximum Gasteiger partial charge on any atom is 0.314 e. The summed E-state index contributed by atoms with van der Waals surface area (Å²) in [6.45, 7) is 1.82. The molecule has 0 aliphatic heterocycles. The molecule has 0 atom stereocenters. The van der Waals surface area contributed by atoms with Gasteiger partial charge in [-0.15, -0.1) is 0 Å². The van der Waals surface area contributed by atoms with Gasteiger partial charge < -0.3 is 14.9 Å². The number of hydrogen-bond acceptors (Lipinski definition) is 5. The molecular formula is C31H24FN3O3. The fraction of sp³-hybridized carbons (Fsp3) is 0.129. The van der Waals surface area contributed by atoms with Gasteiger partial charge in [0.2, 0.25) is 0 Å². The summed E-state index contributed by atoms with van der Waals surface area (Å²) in [6, 6.07) is 27.4. The van der Waals surface area contributed by atoms with Gasteiger partial charge in [0.05, 0.1) is 11.1 Å². The van der Waals surface area contributed by atoms with E-state index in [2.05, 4.69) is 15.5 Å². The number of aromatic nitrogens is 2. The van der Waals surface area contributed by atoms with Gasteiger partial charge in [0.1, 0.15) is 23.0 Å². The number of pyridine rings is 1. The molecule has 0 unspecified atom stereocenters. The summed E-state index contributed by atoms with van der Waals surface area (Å²) in [4.78, 5) is 16.7. The van der Waals surface area contributed by atoms with Crippen molar-refractivity contribution in [1.82, 2.24) is 10.1 Å². The zero-order valence-electron chi connectivity index (χ0n) is 20.6. The van der Waals surface area contributed by atoms with Crippen molar-refractivity contribution >= 4 is 17.5 Å². The molecule has 188 valence electrons. The lowest BCUT2D eigenvalue weighted by Crippen LogP contribution is -2.19.